The second-order valence-electron chi connectivity index (χ2n) is 3.15. The minimum atomic E-state index is -4.43. The van der Waals surface area contributed by atoms with Gasteiger partial charge < -0.3 is 0 Å². The van der Waals surface area contributed by atoms with E-state index in [1.807, 2.05) is 0 Å². The first-order valence-corrected chi connectivity index (χ1v) is 4.45. The molecule has 0 bridgehead atoms. The van der Waals surface area contributed by atoms with Crippen molar-refractivity contribution in [3.63, 3.8) is 0 Å². The molecule has 0 N–H and O–H groups in total. The van der Waals surface area contributed by atoms with E-state index in [4.69, 9.17) is 0 Å². The zero-order chi connectivity index (χ0) is 11.6. The molecule has 0 saturated carbocycles. The van der Waals surface area contributed by atoms with Crippen LogP contribution < -0.4 is 4.68 Å². The van der Waals surface area contributed by atoms with Gasteiger partial charge in [0.25, 0.3) is 6.26 Å². The Bertz CT molecular complexity index is 439. The number of hydrogen-bond donors (Lipinski definition) is 0. The van der Waals surface area contributed by atoms with Gasteiger partial charge in [0, 0.05) is 5.56 Å². The van der Waals surface area contributed by atoms with Crippen molar-refractivity contribution < 1.29 is 22.4 Å². The Balaban J connectivity index is 2.45. The molecule has 3 nitrogen and oxygen atoms in total. The molecule has 16 heavy (non-hydrogen) atoms. The van der Waals surface area contributed by atoms with Gasteiger partial charge >= 0.3 is 12.2 Å². The zero-order valence-corrected chi connectivity index (χ0v) is 7.98. The summed E-state index contributed by atoms with van der Waals surface area (Å²) in [4.78, 5) is 0. The molecule has 2 rings (SSSR count). The Kier molecular flexibility index (Phi) is 2.64. The van der Waals surface area contributed by atoms with E-state index in [9.17, 15) is 13.2 Å². The lowest BCUT2D eigenvalue weighted by molar-refractivity contribution is -0.796. The minimum absolute atomic E-state index is 0.0994. The first-order valence-electron chi connectivity index (χ1n) is 4.45. The molecule has 83 valence electrons. The Morgan fingerprint density at radius 1 is 1.25 bits per heavy atom. The summed E-state index contributed by atoms with van der Waals surface area (Å²) in [5.41, 5.74) is 0.0994. The van der Waals surface area contributed by atoms with Crippen molar-refractivity contribution in [3.05, 3.63) is 48.4 Å². The molecule has 0 amide bonds. The Hall–Kier alpha value is -1.85. The van der Waals surface area contributed by atoms with Crippen molar-refractivity contribution in [1.82, 2.24) is 5.27 Å². The van der Waals surface area contributed by atoms with Gasteiger partial charge in [0.15, 0.2) is 5.27 Å². The van der Waals surface area contributed by atoms with Crippen molar-refractivity contribution in [2.75, 3.05) is 0 Å². The molecule has 0 aliphatic heterocycles. The van der Waals surface area contributed by atoms with Crippen molar-refractivity contribution in [2.45, 2.75) is 12.2 Å². The quantitative estimate of drug-likeness (QED) is 0.735. The highest BCUT2D eigenvalue weighted by Crippen LogP contribution is 2.31. The Morgan fingerprint density at radius 3 is 2.44 bits per heavy atom. The third-order valence-electron chi connectivity index (χ3n) is 2.06. The molecule has 0 fully saturated rings. The van der Waals surface area contributed by atoms with Crippen molar-refractivity contribution in [3.8, 4) is 0 Å². The van der Waals surface area contributed by atoms with Crippen LogP contribution in [0.1, 0.15) is 11.6 Å². The summed E-state index contributed by atoms with van der Waals surface area (Å²) in [5.74, 6) is 0. The van der Waals surface area contributed by atoms with Crippen LogP contribution in [0, 0.1) is 6.26 Å². The molecule has 1 aromatic heterocycles. The average Bonchev–Trinajstić information content (AvgIpc) is 2.71. The molecule has 0 saturated heterocycles. The van der Waals surface area contributed by atoms with E-state index in [-0.39, 0.29) is 5.56 Å². The van der Waals surface area contributed by atoms with E-state index in [1.165, 1.54) is 12.1 Å². The lowest BCUT2D eigenvalue weighted by Gasteiger charge is -2.11. The topological polar surface area (TPSA) is 29.9 Å². The largest absolute Gasteiger partial charge is 0.459 e. The maximum absolute atomic E-state index is 12.9. The van der Waals surface area contributed by atoms with Crippen LogP contribution >= 0.6 is 0 Å². The van der Waals surface area contributed by atoms with Crippen LogP contribution in [0.2, 0.25) is 0 Å². The van der Waals surface area contributed by atoms with Gasteiger partial charge in [0.05, 0.1) is 0 Å². The van der Waals surface area contributed by atoms with E-state index < -0.39 is 12.2 Å². The van der Waals surface area contributed by atoms with E-state index in [2.05, 4.69) is 16.1 Å². The molecule has 0 aliphatic carbocycles. The van der Waals surface area contributed by atoms with Crippen LogP contribution in [-0.4, -0.2) is 11.4 Å². The number of hydrogen-bond acceptors (Lipinski definition) is 2. The summed E-state index contributed by atoms with van der Waals surface area (Å²) >= 11 is 0. The second-order valence-corrected chi connectivity index (χ2v) is 3.15. The van der Waals surface area contributed by atoms with Crippen molar-refractivity contribution >= 4 is 0 Å². The van der Waals surface area contributed by atoms with Gasteiger partial charge in [-0.15, -0.1) is 0 Å². The first-order chi connectivity index (χ1) is 7.59. The number of alkyl halides is 3. The summed E-state index contributed by atoms with van der Waals surface area (Å²) < 4.78 is 43.5. The fraction of sp³-hybridized carbons (Fsp3) is 0.200. The van der Waals surface area contributed by atoms with Gasteiger partial charge in [0.1, 0.15) is 0 Å². The smallest absolute Gasteiger partial charge is 0.297 e. The van der Waals surface area contributed by atoms with Crippen LogP contribution in [-0.2, 0) is 0 Å². The molecule has 1 atom stereocenters. The molecule has 1 aromatic carbocycles. The highest BCUT2D eigenvalue weighted by Gasteiger charge is 2.50. The lowest BCUT2D eigenvalue weighted by atomic mass is 10.1. The van der Waals surface area contributed by atoms with Crippen LogP contribution in [0.15, 0.2) is 41.1 Å². The molecule has 1 radical (unpaired) electrons. The van der Waals surface area contributed by atoms with E-state index >= 15 is 0 Å². The van der Waals surface area contributed by atoms with Crippen LogP contribution in [0.25, 0.3) is 0 Å². The number of aromatic nitrogens is 2. The molecule has 6 heteroatoms. The monoisotopic (exact) mass is 228 g/mol. The van der Waals surface area contributed by atoms with E-state index in [0.29, 0.717) is 4.68 Å². The predicted octanol–water partition coefficient (Wildman–Crippen LogP) is 1.91. The van der Waals surface area contributed by atoms with Gasteiger partial charge in [-0.05, 0) is 4.68 Å². The fourth-order valence-electron chi connectivity index (χ4n) is 1.42. The number of nitrogens with zero attached hydrogens (tertiary/aromatic N) is 2. The average molecular weight is 228 g/mol. The molecule has 1 unspecified atom stereocenters. The van der Waals surface area contributed by atoms with Crippen LogP contribution in [0.4, 0.5) is 13.2 Å². The van der Waals surface area contributed by atoms with E-state index in [0.717, 1.165) is 6.20 Å². The maximum atomic E-state index is 12.9. The number of benzene rings is 1. The minimum Gasteiger partial charge on any atom is -0.297 e. The van der Waals surface area contributed by atoms with Gasteiger partial charge in [-0.25, -0.2) is 0 Å². The summed E-state index contributed by atoms with van der Waals surface area (Å²) in [6.07, 6.45) is -1.29. The normalized spacial score (nSPS) is 13.7. The van der Waals surface area contributed by atoms with Gasteiger partial charge in [0.2, 0.25) is 6.20 Å². The van der Waals surface area contributed by atoms with Gasteiger partial charge in [-0.3, -0.25) is 4.52 Å². The standard InChI is InChI=1S/C10H7F3N2O/c11-10(12,13)9(15-6-7-16-14-15)8-4-2-1-3-5-8/h1-6,9H/q+1. The van der Waals surface area contributed by atoms with Crippen LogP contribution in [0.3, 0.4) is 0 Å². The summed E-state index contributed by atoms with van der Waals surface area (Å²) in [6.45, 7) is 0. The Labute approximate surface area is 89.1 Å². The van der Waals surface area contributed by atoms with Gasteiger partial charge in [-0.1, -0.05) is 30.3 Å². The summed E-state index contributed by atoms with van der Waals surface area (Å²) in [5, 5.41) is 3.23. The highest BCUT2D eigenvalue weighted by atomic mass is 19.4. The molecular formula is C10H7F3N2O+. The first kappa shape index (κ1) is 10.7. The fourth-order valence-corrected chi connectivity index (χ4v) is 1.42. The maximum Gasteiger partial charge on any atom is 0.459 e. The lowest BCUT2D eigenvalue weighted by Crippen LogP contribution is -2.49. The van der Waals surface area contributed by atoms with Crippen molar-refractivity contribution in [1.29, 1.82) is 0 Å². The highest BCUT2D eigenvalue weighted by molar-refractivity contribution is 5.18. The Morgan fingerprint density at radius 2 is 1.94 bits per heavy atom. The SMILES string of the molecule is FC(F)(F)C(c1ccccc1)[n+]1c[c]on1. The van der Waals surface area contributed by atoms with Crippen molar-refractivity contribution in [2.24, 2.45) is 0 Å². The third-order valence-corrected chi connectivity index (χ3v) is 2.06. The predicted molar refractivity (Wildman–Crippen MR) is 46.2 cm³/mol. The van der Waals surface area contributed by atoms with Gasteiger partial charge in [-0.2, -0.15) is 13.2 Å². The van der Waals surface area contributed by atoms with Crippen LogP contribution in [0.5, 0.6) is 0 Å². The number of rotatable bonds is 2. The molecule has 0 aliphatic rings. The molecular weight excluding hydrogens is 221 g/mol. The third kappa shape index (κ3) is 2.05. The number of halogens is 3. The molecule has 0 spiro atoms. The molecule has 2 aromatic rings. The second kappa shape index (κ2) is 3.96. The van der Waals surface area contributed by atoms with E-state index in [1.54, 1.807) is 18.2 Å². The zero-order valence-electron chi connectivity index (χ0n) is 7.98. The molecule has 1 heterocycles. The summed E-state index contributed by atoms with van der Waals surface area (Å²) in [6, 6.07) is 5.66. The summed E-state index contributed by atoms with van der Waals surface area (Å²) in [7, 11) is 0.